The van der Waals surface area contributed by atoms with Crippen molar-refractivity contribution in [2.75, 3.05) is 6.61 Å². The van der Waals surface area contributed by atoms with Crippen molar-refractivity contribution >= 4 is 23.2 Å². The predicted octanol–water partition coefficient (Wildman–Crippen LogP) is 1.55. The van der Waals surface area contributed by atoms with Gasteiger partial charge in [0, 0.05) is 4.88 Å². The highest BCUT2D eigenvalue weighted by molar-refractivity contribution is 7.11. The number of thiazole rings is 1. The average molecular weight is 319 g/mol. The van der Waals surface area contributed by atoms with Gasteiger partial charge in [-0.1, -0.05) is 12.1 Å². The number of hydrogen-bond acceptors (Lipinski definition) is 5. The molecule has 0 saturated carbocycles. The molecule has 1 aromatic carbocycles. The molecule has 2 aromatic rings. The van der Waals surface area contributed by atoms with Crippen LogP contribution in [0.15, 0.2) is 24.3 Å². The second kappa shape index (κ2) is 7.04. The Hall–Kier alpha value is -2.41. The third kappa shape index (κ3) is 4.05. The van der Waals surface area contributed by atoms with E-state index in [1.165, 1.54) is 0 Å². The molecule has 0 unspecified atom stereocenters. The molecule has 0 radical (unpaired) electrons. The van der Waals surface area contributed by atoms with Crippen LogP contribution in [0.2, 0.25) is 0 Å². The first-order chi connectivity index (χ1) is 10.5. The normalized spacial score (nSPS) is 10.3. The van der Waals surface area contributed by atoms with Gasteiger partial charge in [0.1, 0.15) is 10.8 Å². The van der Waals surface area contributed by atoms with E-state index in [9.17, 15) is 9.59 Å². The number of para-hydroxylation sites is 1. The number of rotatable bonds is 6. The van der Waals surface area contributed by atoms with Crippen LogP contribution in [0, 0.1) is 13.8 Å². The molecule has 6 nitrogen and oxygen atoms in total. The number of ether oxygens (including phenoxy) is 1. The van der Waals surface area contributed by atoms with Crippen LogP contribution in [-0.2, 0) is 11.3 Å². The van der Waals surface area contributed by atoms with E-state index in [1.807, 2.05) is 13.8 Å². The number of hydrogen-bond donors (Lipinski definition) is 2. The van der Waals surface area contributed by atoms with Crippen molar-refractivity contribution in [1.82, 2.24) is 10.3 Å². The quantitative estimate of drug-likeness (QED) is 0.844. The Balaban J connectivity index is 2.04. The van der Waals surface area contributed by atoms with Crippen molar-refractivity contribution < 1.29 is 14.3 Å². The topological polar surface area (TPSA) is 94.3 Å². The highest BCUT2D eigenvalue weighted by Gasteiger charge is 2.13. The highest BCUT2D eigenvalue weighted by Crippen LogP contribution is 2.19. The Morgan fingerprint density at radius 1 is 1.32 bits per heavy atom. The smallest absolute Gasteiger partial charge is 0.255 e. The number of benzene rings is 1. The van der Waals surface area contributed by atoms with Gasteiger partial charge in [0.25, 0.3) is 11.8 Å². The molecule has 0 saturated heterocycles. The molecule has 1 aromatic heterocycles. The van der Waals surface area contributed by atoms with Gasteiger partial charge < -0.3 is 15.8 Å². The minimum atomic E-state index is -0.594. The Morgan fingerprint density at radius 2 is 2.05 bits per heavy atom. The zero-order valence-electron chi connectivity index (χ0n) is 12.4. The average Bonchev–Trinajstić information content (AvgIpc) is 2.81. The Labute approximate surface area is 132 Å². The molecule has 0 aliphatic rings. The molecule has 2 rings (SSSR count). The fourth-order valence-corrected chi connectivity index (χ4v) is 2.67. The highest BCUT2D eigenvalue weighted by atomic mass is 32.1. The molecular formula is C15H17N3O3S. The number of nitrogens with zero attached hydrogens (tertiary/aromatic N) is 1. The summed E-state index contributed by atoms with van der Waals surface area (Å²) >= 11 is 1.55. The van der Waals surface area contributed by atoms with E-state index in [0.29, 0.717) is 17.9 Å². The maximum absolute atomic E-state index is 12.2. The van der Waals surface area contributed by atoms with Crippen LogP contribution < -0.4 is 15.8 Å². The molecule has 0 bridgehead atoms. The van der Waals surface area contributed by atoms with Crippen LogP contribution in [0.1, 0.15) is 25.9 Å². The number of amides is 2. The first-order valence-corrected chi connectivity index (χ1v) is 7.50. The second-order valence-electron chi connectivity index (χ2n) is 4.68. The molecule has 7 heteroatoms. The number of nitrogens with one attached hydrogen (secondary N) is 1. The SMILES string of the molecule is Cc1nc(CNC(=O)c2ccccc2OCC(N)=O)sc1C. The van der Waals surface area contributed by atoms with E-state index in [0.717, 1.165) is 15.6 Å². The van der Waals surface area contributed by atoms with Gasteiger partial charge in [-0.15, -0.1) is 11.3 Å². The molecule has 0 atom stereocenters. The molecule has 116 valence electrons. The predicted molar refractivity (Wildman–Crippen MR) is 83.9 cm³/mol. The van der Waals surface area contributed by atoms with Gasteiger partial charge in [-0.3, -0.25) is 9.59 Å². The zero-order valence-corrected chi connectivity index (χ0v) is 13.2. The molecule has 0 aliphatic heterocycles. The van der Waals surface area contributed by atoms with Crippen molar-refractivity contribution in [3.05, 3.63) is 45.4 Å². The number of carbonyl (C=O) groups is 2. The number of aromatic nitrogens is 1. The molecule has 1 heterocycles. The largest absolute Gasteiger partial charge is 0.483 e. The summed E-state index contributed by atoms with van der Waals surface area (Å²) in [5.74, 6) is -0.556. The zero-order chi connectivity index (χ0) is 16.1. The molecule has 0 fully saturated rings. The number of carbonyl (C=O) groups excluding carboxylic acids is 2. The summed E-state index contributed by atoms with van der Waals surface area (Å²) in [7, 11) is 0. The van der Waals surface area contributed by atoms with Crippen molar-refractivity contribution in [1.29, 1.82) is 0 Å². The van der Waals surface area contributed by atoms with Crippen LogP contribution >= 0.6 is 11.3 Å². The van der Waals surface area contributed by atoms with Crippen LogP contribution in [0.4, 0.5) is 0 Å². The van der Waals surface area contributed by atoms with Gasteiger partial charge in [0.05, 0.1) is 17.8 Å². The summed E-state index contributed by atoms with van der Waals surface area (Å²) in [6, 6.07) is 6.70. The van der Waals surface area contributed by atoms with Gasteiger partial charge in [-0.25, -0.2) is 4.98 Å². The fraction of sp³-hybridized carbons (Fsp3) is 0.267. The van der Waals surface area contributed by atoms with E-state index in [4.69, 9.17) is 10.5 Å². The van der Waals surface area contributed by atoms with E-state index < -0.39 is 5.91 Å². The molecule has 22 heavy (non-hydrogen) atoms. The van der Waals surface area contributed by atoms with Crippen molar-refractivity contribution in [2.24, 2.45) is 5.73 Å². The van der Waals surface area contributed by atoms with Crippen molar-refractivity contribution in [3.63, 3.8) is 0 Å². The standard InChI is InChI=1S/C15H17N3O3S/c1-9-10(2)22-14(18-9)7-17-15(20)11-5-3-4-6-12(11)21-8-13(16)19/h3-6H,7-8H2,1-2H3,(H2,16,19)(H,17,20). The third-order valence-corrected chi connectivity index (χ3v) is 4.05. The maximum atomic E-state index is 12.2. The lowest BCUT2D eigenvalue weighted by Gasteiger charge is -2.10. The van der Waals surface area contributed by atoms with Crippen LogP contribution in [0.25, 0.3) is 0 Å². The van der Waals surface area contributed by atoms with Crippen molar-refractivity contribution in [3.8, 4) is 5.75 Å². The first-order valence-electron chi connectivity index (χ1n) is 6.68. The van der Waals surface area contributed by atoms with E-state index in [2.05, 4.69) is 10.3 Å². The summed E-state index contributed by atoms with van der Waals surface area (Å²) < 4.78 is 5.25. The lowest BCUT2D eigenvalue weighted by molar-refractivity contribution is -0.119. The summed E-state index contributed by atoms with van der Waals surface area (Å²) in [6.45, 7) is 4.01. The first kappa shape index (κ1) is 16.0. The maximum Gasteiger partial charge on any atom is 0.255 e. The van der Waals surface area contributed by atoms with Crippen LogP contribution in [0.5, 0.6) is 5.75 Å². The molecule has 2 amide bonds. The summed E-state index contributed by atoms with van der Waals surface area (Å²) in [5, 5.41) is 3.64. The Morgan fingerprint density at radius 3 is 2.68 bits per heavy atom. The minimum absolute atomic E-state index is 0.269. The minimum Gasteiger partial charge on any atom is -0.483 e. The van der Waals surface area contributed by atoms with E-state index in [-0.39, 0.29) is 12.5 Å². The van der Waals surface area contributed by atoms with Crippen LogP contribution in [-0.4, -0.2) is 23.4 Å². The molecule has 0 spiro atoms. The summed E-state index contributed by atoms with van der Waals surface area (Å²) in [4.78, 5) is 28.5. The number of aryl methyl sites for hydroxylation is 2. The van der Waals surface area contributed by atoms with Crippen LogP contribution in [0.3, 0.4) is 0 Å². The Kier molecular flexibility index (Phi) is 5.11. The van der Waals surface area contributed by atoms with Gasteiger partial charge in [0.2, 0.25) is 0 Å². The molecule has 0 aliphatic carbocycles. The fourth-order valence-electron chi connectivity index (χ4n) is 1.79. The van der Waals surface area contributed by atoms with Gasteiger partial charge >= 0.3 is 0 Å². The monoisotopic (exact) mass is 319 g/mol. The Bertz CT molecular complexity index is 678. The number of primary amides is 1. The summed E-state index contributed by atoms with van der Waals surface area (Å²) in [5.41, 5.74) is 6.37. The third-order valence-electron chi connectivity index (χ3n) is 2.97. The van der Waals surface area contributed by atoms with E-state index in [1.54, 1.807) is 35.6 Å². The lowest BCUT2D eigenvalue weighted by Crippen LogP contribution is -2.25. The molecule has 3 N–H and O–H groups in total. The van der Waals surface area contributed by atoms with Gasteiger partial charge in [0.15, 0.2) is 6.61 Å². The van der Waals surface area contributed by atoms with Gasteiger partial charge in [-0.05, 0) is 26.0 Å². The number of nitrogens with two attached hydrogens (primary N) is 1. The van der Waals surface area contributed by atoms with E-state index >= 15 is 0 Å². The lowest BCUT2D eigenvalue weighted by atomic mass is 10.2. The summed E-state index contributed by atoms with van der Waals surface area (Å²) in [6.07, 6.45) is 0. The van der Waals surface area contributed by atoms with Gasteiger partial charge in [-0.2, -0.15) is 0 Å². The molecular weight excluding hydrogens is 302 g/mol. The van der Waals surface area contributed by atoms with Crippen molar-refractivity contribution in [2.45, 2.75) is 20.4 Å². The second-order valence-corrected chi connectivity index (χ2v) is 5.97.